The van der Waals surface area contributed by atoms with Gasteiger partial charge in [0.15, 0.2) is 0 Å². The SMILES string of the molecule is CSc1ccc(-c2ccc3n(c2=O)C[C@@H]2C[C@@H]3CN(C(=O)NC3CCCCC3)C2)cc1. The lowest BCUT2D eigenvalue weighted by Crippen LogP contribution is -2.53. The van der Waals surface area contributed by atoms with Gasteiger partial charge in [0.25, 0.3) is 5.56 Å². The number of likely N-dealkylation sites (tertiary alicyclic amines) is 1. The molecule has 1 saturated heterocycles. The van der Waals surface area contributed by atoms with Crippen LogP contribution in [0.25, 0.3) is 11.1 Å². The predicted molar refractivity (Wildman–Crippen MR) is 126 cm³/mol. The van der Waals surface area contributed by atoms with E-state index in [0.717, 1.165) is 42.6 Å². The summed E-state index contributed by atoms with van der Waals surface area (Å²) in [5.74, 6) is 0.584. The molecule has 1 aromatic heterocycles. The molecular formula is C25H31N3O2S. The third-order valence-corrected chi connectivity index (χ3v) is 7.97. The van der Waals surface area contributed by atoms with Crippen molar-refractivity contribution in [3.05, 3.63) is 52.4 Å². The van der Waals surface area contributed by atoms with Crippen molar-refractivity contribution in [2.75, 3.05) is 19.3 Å². The van der Waals surface area contributed by atoms with Gasteiger partial charge in [-0.25, -0.2) is 4.79 Å². The first-order chi connectivity index (χ1) is 15.1. The fraction of sp³-hybridized carbons (Fsp3) is 0.520. The first kappa shape index (κ1) is 20.7. The number of hydrogen-bond donors (Lipinski definition) is 1. The number of benzene rings is 1. The van der Waals surface area contributed by atoms with Crippen LogP contribution >= 0.6 is 11.8 Å². The Morgan fingerprint density at radius 1 is 1.00 bits per heavy atom. The van der Waals surface area contributed by atoms with Crippen molar-refractivity contribution in [1.29, 1.82) is 0 Å². The van der Waals surface area contributed by atoms with Crippen molar-refractivity contribution in [3.8, 4) is 11.1 Å². The van der Waals surface area contributed by atoms with Crippen LogP contribution in [0.5, 0.6) is 0 Å². The van der Waals surface area contributed by atoms with Crippen LogP contribution in [0, 0.1) is 5.92 Å². The van der Waals surface area contributed by atoms with E-state index in [0.29, 0.717) is 25.0 Å². The van der Waals surface area contributed by atoms with Gasteiger partial charge in [0, 0.05) is 47.7 Å². The second kappa shape index (κ2) is 8.73. The maximum atomic E-state index is 13.3. The second-order valence-electron chi connectivity index (χ2n) is 9.30. The number of hydrogen-bond acceptors (Lipinski definition) is 3. The molecule has 6 heteroatoms. The Hall–Kier alpha value is -2.21. The van der Waals surface area contributed by atoms with E-state index in [2.05, 4.69) is 29.8 Å². The Labute approximate surface area is 188 Å². The van der Waals surface area contributed by atoms with Crippen molar-refractivity contribution in [1.82, 2.24) is 14.8 Å². The van der Waals surface area contributed by atoms with E-state index in [1.54, 1.807) is 11.8 Å². The summed E-state index contributed by atoms with van der Waals surface area (Å²) in [6, 6.07) is 12.7. The Morgan fingerprint density at radius 2 is 1.77 bits per heavy atom. The lowest BCUT2D eigenvalue weighted by atomic mass is 9.83. The highest BCUT2D eigenvalue weighted by Crippen LogP contribution is 2.36. The number of rotatable bonds is 3. The quantitative estimate of drug-likeness (QED) is 0.708. The highest BCUT2D eigenvalue weighted by Gasteiger charge is 2.37. The van der Waals surface area contributed by atoms with Crippen molar-refractivity contribution >= 4 is 17.8 Å². The van der Waals surface area contributed by atoms with Gasteiger partial charge in [-0.1, -0.05) is 31.4 Å². The molecule has 5 nitrogen and oxygen atoms in total. The Kier molecular flexibility index (Phi) is 5.83. The van der Waals surface area contributed by atoms with Crippen LogP contribution in [-0.2, 0) is 6.54 Å². The lowest BCUT2D eigenvalue weighted by Gasteiger charge is -2.43. The summed E-state index contributed by atoms with van der Waals surface area (Å²) in [6.07, 6.45) is 9.05. The molecule has 2 aliphatic heterocycles. The van der Waals surface area contributed by atoms with E-state index in [-0.39, 0.29) is 17.5 Å². The normalized spacial score (nSPS) is 23.3. The molecule has 1 aliphatic carbocycles. The summed E-state index contributed by atoms with van der Waals surface area (Å²) in [4.78, 5) is 29.4. The molecule has 2 amide bonds. The number of nitrogens with zero attached hydrogens (tertiary/aromatic N) is 2. The molecule has 31 heavy (non-hydrogen) atoms. The largest absolute Gasteiger partial charge is 0.335 e. The van der Waals surface area contributed by atoms with E-state index in [1.807, 2.05) is 27.7 Å². The maximum Gasteiger partial charge on any atom is 0.317 e. The molecule has 2 bridgehead atoms. The van der Waals surface area contributed by atoms with Crippen LogP contribution in [0.2, 0.25) is 0 Å². The van der Waals surface area contributed by atoms with E-state index < -0.39 is 0 Å². The molecule has 3 heterocycles. The maximum absolute atomic E-state index is 13.3. The molecule has 0 unspecified atom stereocenters. The minimum Gasteiger partial charge on any atom is -0.335 e. The number of urea groups is 1. The number of nitrogens with one attached hydrogen (secondary N) is 1. The zero-order valence-corrected chi connectivity index (χ0v) is 19.0. The molecule has 1 N–H and O–H groups in total. The second-order valence-corrected chi connectivity index (χ2v) is 10.2. The fourth-order valence-electron chi connectivity index (χ4n) is 5.61. The third-order valence-electron chi connectivity index (χ3n) is 7.23. The van der Waals surface area contributed by atoms with E-state index >= 15 is 0 Å². The highest BCUT2D eigenvalue weighted by molar-refractivity contribution is 7.98. The number of amides is 2. The van der Waals surface area contributed by atoms with E-state index in [9.17, 15) is 9.59 Å². The topological polar surface area (TPSA) is 54.3 Å². The number of pyridine rings is 1. The number of carbonyl (C=O) groups excluding carboxylic acids is 1. The molecule has 0 radical (unpaired) electrons. The monoisotopic (exact) mass is 437 g/mol. The number of fused-ring (bicyclic) bond motifs is 4. The standard InChI is InChI=1S/C25H31N3O2S/c1-31-21-9-7-18(8-10-21)22-11-12-23-19-13-17(15-28(23)24(22)29)14-27(16-19)25(30)26-20-5-3-2-4-6-20/h7-12,17,19-20H,2-6,13-16H2,1H3,(H,26,30)/t17-,19-/m1/s1. The molecule has 0 spiro atoms. The molecule has 2 fully saturated rings. The molecule has 3 aliphatic rings. The average Bonchev–Trinajstić information content (AvgIpc) is 2.80. The minimum absolute atomic E-state index is 0.0860. The zero-order chi connectivity index (χ0) is 21.4. The molecule has 2 atom stereocenters. The van der Waals surface area contributed by atoms with Gasteiger partial charge in [0.2, 0.25) is 0 Å². The van der Waals surface area contributed by atoms with Crippen molar-refractivity contribution < 1.29 is 4.79 Å². The molecule has 5 rings (SSSR count). The molecule has 1 aromatic carbocycles. The van der Waals surface area contributed by atoms with Gasteiger partial charge in [-0.2, -0.15) is 0 Å². The van der Waals surface area contributed by atoms with Crippen molar-refractivity contribution in [2.45, 2.75) is 61.9 Å². The first-order valence-corrected chi connectivity index (χ1v) is 12.8. The summed E-state index contributed by atoms with van der Waals surface area (Å²) >= 11 is 1.70. The van der Waals surface area contributed by atoms with Gasteiger partial charge in [-0.15, -0.1) is 11.8 Å². The molecule has 1 saturated carbocycles. The zero-order valence-electron chi connectivity index (χ0n) is 18.2. The van der Waals surface area contributed by atoms with Crippen LogP contribution in [0.15, 0.2) is 46.1 Å². The Morgan fingerprint density at radius 3 is 2.52 bits per heavy atom. The number of carbonyl (C=O) groups is 1. The Bertz CT molecular complexity index is 1010. The highest BCUT2D eigenvalue weighted by atomic mass is 32.2. The molecule has 164 valence electrons. The average molecular weight is 438 g/mol. The first-order valence-electron chi connectivity index (χ1n) is 11.6. The summed E-state index contributed by atoms with van der Waals surface area (Å²) in [6.45, 7) is 2.15. The van der Waals surface area contributed by atoms with Gasteiger partial charge in [-0.05, 0) is 61.3 Å². The van der Waals surface area contributed by atoms with E-state index in [1.165, 1.54) is 24.2 Å². The predicted octanol–water partition coefficient (Wildman–Crippen LogP) is 4.70. The molecular weight excluding hydrogens is 406 g/mol. The summed E-state index contributed by atoms with van der Waals surface area (Å²) < 4.78 is 1.98. The summed E-state index contributed by atoms with van der Waals surface area (Å²) in [7, 11) is 0. The number of thioether (sulfide) groups is 1. The summed E-state index contributed by atoms with van der Waals surface area (Å²) in [5.41, 5.74) is 2.93. The van der Waals surface area contributed by atoms with Crippen LogP contribution in [0.3, 0.4) is 0 Å². The minimum atomic E-state index is 0.0860. The number of piperidine rings is 1. The van der Waals surface area contributed by atoms with Crippen LogP contribution < -0.4 is 10.9 Å². The summed E-state index contributed by atoms with van der Waals surface area (Å²) in [5, 5.41) is 3.27. The number of aromatic nitrogens is 1. The van der Waals surface area contributed by atoms with Gasteiger partial charge in [0.1, 0.15) is 0 Å². The molecule has 2 aromatic rings. The van der Waals surface area contributed by atoms with Gasteiger partial charge in [-0.3, -0.25) is 4.79 Å². The third kappa shape index (κ3) is 4.14. The smallest absolute Gasteiger partial charge is 0.317 e. The van der Waals surface area contributed by atoms with Crippen molar-refractivity contribution in [3.63, 3.8) is 0 Å². The Balaban J connectivity index is 1.35. The fourth-order valence-corrected chi connectivity index (χ4v) is 6.02. The van der Waals surface area contributed by atoms with Crippen LogP contribution in [-0.4, -0.2) is 40.9 Å². The van der Waals surface area contributed by atoms with E-state index in [4.69, 9.17) is 0 Å². The van der Waals surface area contributed by atoms with Gasteiger partial charge >= 0.3 is 6.03 Å². The van der Waals surface area contributed by atoms with Gasteiger partial charge < -0.3 is 14.8 Å². The van der Waals surface area contributed by atoms with Crippen LogP contribution in [0.1, 0.15) is 50.1 Å². The van der Waals surface area contributed by atoms with Crippen molar-refractivity contribution in [2.24, 2.45) is 5.92 Å². The van der Waals surface area contributed by atoms with Gasteiger partial charge in [0.05, 0.1) is 0 Å². The van der Waals surface area contributed by atoms with Crippen LogP contribution in [0.4, 0.5) is 4.79 Å². The lowest BCUT2D eigenvalue weighted by molar-refractivity contribution is 0.127.